The van der Waals surface area contributed by atoms with Gasteiger partial charge in [0.25, 0.3) is 5.91 Å². The predicted molar refractivity (Wildman–Crippen MR) is 113 cm³/mol. The average molecular weight is 440 g/mol. The van der Waals surface area contributed by atoms with Crippen molar-refractivity contribution in [1.29, 1.82) is 0 Å². The van der Waals surface area contributed by atoms with Gasteiger partial charge in [0.2, 0.25) is 10.0 Å². The zero-order chi connectivity index (χ0) is 20.5. The number of aromatic nitrogens is 1. The van der Waals surface area contributed by atoms with Crippen LogP contribution < -0.4 is 4.90 Å². The maximum atomic E-state index is 13.2. The van der Waals surface area contributed by atoms with Crippen LogP contribution in [-0.2, 0) is 22.9 Å². The summed E-state index contributed by atoms with van der Waals surface area (Å²) in [6.45, 7) is 4.02. The fourth-order valence-electron chi connectivity index (χ4n) is 3.02. The van der Waals surface area contributed by atoms with Crippen molar-refractivity contribution in [3.8, 4) is 0 Å². The molecule has 9 heteroatoms. The van der Waals surface area contributed by atoms with E-state index in [4.69, 9.17) is 11.6 Å². The third-order valence-electron chi connectivity index (χ3n) is 4.56. The Morgan fingerprint density at radius 2 is 2.04 bits per heavy atom. The Morgan fingerprint density at radius 1 is 1.32 bits per heavy atom. The first-order valence-electron chi connectivity index (χ1n) is 8.89. The van der Waals surface area contributed by atoms with E-state index >= 15 is 0 Å². The van der Waals surface area contributed by atoms with Crippen molar-refractivity contribution in [3.05, 3.63) is 52.0 Å². The molecule has 3 rings (SSSR count). The highest BCUT2D eigenvalue weighted by atomic mass is 35.5. The molecule has 150 valence electrons. The Balaban J connectivity index is 2.00. The average Bonchev–Trinajstić information content (AvgIpc) is 3.09. The fourth-order valence-corrected chi connectivity index (χ4v) is 5.57. The monoisotopic (exact) mass is 439 g/mol. The minimum Gasteiger partial charge on any atom is -0.280 e. The summed E-state index contributed by atoms with van der Waals surface area (Å²) in [5.41, 5.74) is 1.29. The second-order valence-electron chi connectivity index (χ2n) is 6.71. The van der Waals surface area contributed by atoms with Crippen LogP contribution in [0.4, 0.5) is 5.13 Å². The van der Waals surface area contributed by atoms with Crippen LogP contribution in [0.1, 0.15) is 33.8 Å². The van der Waals surface area contributed by atoms with Crippen LogP contribution in [0.3, 0.4) is 0 Å². The van der Waals surface area contributed by atoms with Crippen molar-refractivity contribution < 1.29 is 13.2 Å². The molecule has 0 N–H and O–H groups in total. The van der Waals surface area contributed by atoms with Gasteiger partial charge in [-0.3, -0.25) is 9.69 Å². The van der Waals surface area contributed by atoms with Gasteiger partial charge in [-0.1, -0.05) is 17.7 Å². The predicted octanol–water partition coefficient (Wildman–Crippen LogP) is 3.76. The van der Waals surface area contributed by atoms with Crippen molar-refractivity contribution in [2.45, 2.75) is 30.6 Å². The number of benzene rings is 1. The highest BCUT2D eigenvalue weighted by molar-refractivity contribution is 7.89. The largest absolute Gasteiger partial charge is 0.280 e. The molecule has 1 aromatic heterocycles. The number of hydrogen-bond donors (Lipinski definition) is 0. The molecule has 0 saturated carbocycles. The third-order valence-corrected chi connectivity index (χ3v) is 8.04. The zero-order valence-corrected chi connectivity index (χ0v) is 18.2. The SMILES string of the molecule is C=CCN(C(=O)c1ccc(Cl)c(S(=O)(=O)N(C)C)c1)c1nc2c(s1)CCCC2. The molecule has 0 aliphatic heterocycles. The van der Waals surface area contributed by atoms with Crippen LogP contribution in [-0.4, -0.2) is 44.3 Å². The molecule has 0 unspecified atom stereocenters. The Bertz CT molecular complexity index is 992. The molecule has 1 heterocycles. The number of carbonyl (C=O) groups is 1. The number of thiazole rings is 1. The maximum absolute atomic E-state index is 13.2. The number of carbonyl (C=O) groups excluding carboxylic acids is 1. The quantitative estimate of drug-likeness (QED) is 0.642. The first-order chi connectivity index (χ1) is 13.3. The standard InChI is InChI=1S/C19H22ClN3O3S2/c1-4-11-23(19-21-15-7-5-6-8-16(15)27-19)18(24)13-9-10-14(20)17(12-13)28(25,26)22(2)3/h4,9-10,12H,1,5-8,11H2,2-3H3. The summed E-state index contributed by atoms with van der Waals surface area (Å²) < 4.78 is 26.1. The summed E-state index contributed by atoms with van der Waals surface area (Å²) in [5, 5.41) is 0.689. The van der Waals surface area contributed by atoms with Gasteiger partial charge in [-0.05, 0) is 43.9 Å². The molecule has 1 aliphatic rings. The Morgan fingerprint density at radius 3 is 2.68 bits per heavy atom. The smallest absolute Gasteiger partial charge is 0.260 e. The summed E-state index contributed by atoms with van der Waals surface area (Å²) >= 11 is 7.62. The lowest BCUT2D eigenvalue weighted by Gasteiger charge is -2.19. The molecule has 0 radical (unpaired) electrons. The van der Waals surface area contributed by atoms with Crippen molar-refractivity contribution in [2.24, 2.45) is 0 Å². The summed E-state index contributed by atoms with van der Waals surface area (Å²) in [6.07, 6.45) is 5.77. The van der Waals surface area contributed by atoms with E-state index in [2.05, 4.69) is 11.6 Å². The highest BCUT2D eigenvalue weighted by Gasteiger charge is 2.26. The number of nitrogens with zero attached hydrogens (tertiary/aromatic N) is 3. The normalized spacial score (nSPS) is 14.0. The molecule has 2 aromatic rings. The van der Waals surface area contributed by atoms with Gasteiger partial charge in [0.15, 0.2) is 5.13 Å². The first-order valence-corrected chi connectivity index (χ1v) is 11.5. The molecule has 0 bridgehead atoms. The van der Waals surface area contributed by atoms with Crippen molar-refractivity contribution in [3.63, 3.8) is 0 Å². The molecule has 0 fully saturated rings. The van der Waals surface area contributed by atoms with E-state index in [1.807, 2.05) is 0 Å². The second kappa shape index (κ2) is 8.32. The molecule has 1 aromatic carbocycles. The van der Waals surface area contributed by atoms with Gasteiger partial charge in [0.05, 0.1) is 10.7 Å². The molecular weight excluding hydrogens is 418 g/mol. The zero-order valence-electron chi connectivity index (χ0n) is 15.8. The van der Waals surface area contributed by atoms with Crippen LogP contribution in [0.2, 0.25) is 5.02 Å². The van der Waals surface area contributed by atoms with E-state index in [1.54, 1.807) is 6.08 Å². The highest BCUT2D eigenvalue weighted by Crippen LogP contribution is 2.33. The number of halogens is 1. The first kappa shape index (κ1) is 21.0. The Hall–Kier alpha value is -1.74. The number of hydrogen-bond acceptors (Lipinski definition) is 5. The minimum absolute atomic E-state index is 0.0743. The van der Waals surface area contributed by atoms with E-state index in [0.717, 1.165) is 35.7 Å². The van der Waals surface area contributed by atoms with E-state index in [1.165, 1.54) is 53.4 Å². The van der Waals surface area contributed by atoms with Gasteiger partial charge in [-0.25, -0.2) is 17.7 Å². The lowest BCUT2D eigenvalue weighted by atomic mass is 10.0. The van der Waals surface area contributed by atoms with E-state index in [-0.39, 0.29) is 27.9 Å². The van der Waals surface area contributed by atoms with Crippen molar-refractivity contribution in [1.82, 2.24) is 9.29 Å². The number of anilines is 1. The molecule has 0 saturated heterocycles. The Kier molecular flexibility index (Phi) is 6.24. The van der Waals surface area contributed by atoms with Gasteiger partial charge in [0.1, 0.15) is 4.90 Å². The van der Waals surface area contributed by atoms with Crippen LogP contribution in [0.15, 0.2) is 35.7 Å². The van der Waals surface area contributed by atoms with Gasteiger partial charge >= 0.3 is 0 Å². The summed E-state index contributed by atoms with van der Waals surface area (Å²) in [4.78, 5) is 20.5. The maximum Gasteiger partial charge on any atom is 0.260 e. The van der Waals surface area contributed by atoms with E-state index in [9.17, 15) is 13.2 Å². The van der Waals surface area contributed by atoms with E-state index in [0.29, 0.717) is 5.13 Å². The molecule has 1 aliphatic carbocycles. The minimum atomic E-state index is -3.77. The number of amides is 1. The topological polar surface area (TPSA) is 70.6 Å². The molecule has 0 spiro atoms. The lowest BCUT2D eigenvalue weighted by molar-refractivity contribution is 0.0989. The fraction of sp³-hybridized carbons (Fsp3) is 0.368. The summed E-state index contributed by atoms with van der Waals surface area (Å²) in [5.74, 6) is -0.335. The second-order valence-corrected chi connectivity index (χ2v) is 10.3. The van der Waals surface area contributed by atoms with Gasteiger partial charge in [-0.2, -0.15) is 0 Å². The number of rotatable bonds is 6. The number of sulfonamides is 1. The lowest BCUT2D eigenvalue weighted by Crippen LogP contribution is -2.31. The van der Waals surface area contributed by atoms with Gasteiger partial charge < -0.3 is 0 Å². The van der Waals surface area contributed by atoms with Crippen molar-refractivity contribution in [2.75, 3.05) is 25.5 Å². The van der Waals surface area contributed by atoms with Gasteiger partial charge in [0, 0.05) is 31.1 Å². The van der Waals surface area contributed by atoms with E-state index < -0.39 is 10.0 Å². The Labute approximate surface area is 174 Å². The molecule has 28 heavy (non-hydrogen) atoms. The third kappa shape index (κ3) is 4.00. The van der Waals surface area contributed by atoms with Crippen LogP contribution in [0.5, 0.6) is 0 Å². The van der Waals surface area contributed by atoms with Crippen molar-refractivity contribution >= 4 is 44.0 Å². The summed E-state index contributed by atoms with van der Waals surface area (Å²) in [7, 11) is -0.929. The molecule has 6 nitrogen and oxygen atoms in total. The number of fused-ring (bicyclic) bond motifs is 1. The van der Waals surface area contributed by atoms with Gasteiger partial charge in [-0.15, -0.1) is 17.9 Å². The number of aryl methyl sites for hydroxylation is 2. The molecule has 1 amide bonds. The summed E-state index contributed by atoms with van der Waals surface area (Å²) in [6, 6.07) is 4.29. The molecule has 0 atom stereocenters. The molecular formula is C19H22ClN3O3S2. The van der Waals surface area contributed by atoms with Crippen LogP contribution in [0.25, 0.3) is 0 Å². The van der Waals surface area contributed by atoms with Crippen LogP contribution >= 0.6 is 22.9 Å². The van der Waals surface area contributed by atoms with Crippen LogP contribution in [0, 0.1) is 0 Å².